The van der Waals surface area contributed by atoms with Crippen LogP contribution in [0.15, 0.2) is 39.7 Å². The molecule has 20 heavy (non-hydrogen) atoms. The highest BCUT2D eigenvalue weighted by atomic mass is 32.1. The second-order valence-electron chi connectivity index (χ2n) is 4.34. The van der Waals surface area contributed by atoms with Gasteiger partial charge in [0.2, 0.25) is 5.13 Å². The fourth-order valence-corrected chi connectivity index (χ4v) is 2.74. The molecule has 0 radical (unpaired) electrons. The third-order valence-corrected chi connectivity index (χ3v) is 3.81. The lowest BCUT2D eigenvalue weighted by molar-refractivity contribution is 0.630. The monoisotopic (exact) mass is 285 g/mol. The van der Waals surface area contributed by atoms with Crippen LogP contribution < -0.4 is 10.6 Å². The van der Waals surface area contributed by atoms with E-state index < -0.39 is 0 Å². The topological polar surface area (TPSA) is 75.3 Å². The Bertz CT molecular complexity index is 758. The van der Waals surface area contributed by atoms with Crippen LogP contribution in [0.1, 0.15) is 0 Å². The zero-order valence-electron chi connectivity index (χ0n) is 10.5. The summed E-state index contributed by atoms with van der Waals surface area (Å²) >= 11 is 1.44. The number of fused-ring (bicyclic) bond motifs is 1. The lowest BCUT2D eigenvalue weighted by Gasteiger charge is -1.99. The number of nitrogens with one attached hydrogen (secondary N) is 2. The zero-order valence-corrected chi connectivity index (χ0v) is 11.3. The Balaban J connectivity index is 1.63. The van der Waals surface area contributed by atoms with Gasteiger partial charge in [-0.1, -0.05) is 29.5 Å². The molecule has 3 aromatic rings. The Morgan fingerprint density at radius 1 is 1.25 bits per heavy atom. The molecule has 0 aliphatic carbocycles. The van der Waals surface area contributed by atoms with Gasteiger partial charge in [-0.3, -0.25) is 4.99 Å². The average Bonchev–Trinajstić information content (AvgIpc) is 3.18. The molecule has 3 heterocycles. The predicted octanol–water partition coefficient (Wildman–Crippen LogP) is 2.32. The lowest BCUT2D eigenvalue weighted by atomic mass is 10.2. The first-order valence-electron chi connectivity index (χ1n) is 6.26. The van der Waals surface area contributed by atoms with Crippen LogP contribution in [0.3, 0.4) is 0 Å². The van der Waals surface area contributed by atoms with Crippen LogP contribution in [-0.4, -0.2) is 29.2 Å². The average molecular weight is 285 g/mol. The van der Waals surface area contributed by atoms with Crippen LogP contribution in [-0.2, 0) is 0 Å². The molecule has 0 fully saturated rings. The molecule has 0 saturated carbocycles. The molecule has 100 valence electrons. The molecule has 0 atom stereocenters. The van der Waals surface area contributed by atoms with Crippen molar-refractivity contribution in [1.82, 2.24) is 15.5 Å². The maximum Gasteiger partial charge on any atom is 0.212 e. The van der Waals surface area contributed by atoms with E-state index in [4.69, 9.17) is 4.42 Å². The van der Waals surface area contributed by atoms with Gasteiger partial charge in [0.15, 0.2) is 16.7 Å². The molecule has 0 amide bonds. The summed E-state index contributed by atoms with van der Waals surface area (Å²) in [6.45, 7) is 1.65. The van der Waals surface area contributed by atoms with Gasteiger partial charge in [0, 0.05) is 11.9 Å². The number of nitrogens with zero attached hydrogens (tertiary/aromatic N) is 3. The van der Waals surface area contributed by atoms with Crippen molar-refractivity contribution in [2.45, 2.75) is 0 Å². The van der Waals surface area contributed by atoms with E-state index >= 15 is 0 Å². The van der Waals surface area contributed by atoms with Crippen LogP contribution in [0.2, 0.25) is 0 Å². The van der Waals surface area contributed by atoms with Crippen molar-refractivity contribution in [2.24, 2.45) is 4.99 Å². The Hall–Kier alpha value is -2.41. The van der Waals surface area contributed by atoms with Gasteiger partial charge in [0.1, 0.15) is 5.58 Å². The van der Waals surface area contributed by atoms with Crippen LogP contribution in [0.4, 0.5) is 5.13 Å². The fraction of sp³-hybridized carbons (Fsp3) is 0.154. The quantitative estimate of drug-likeness (QED) is 0.755. The van der Waals surface area contributed by atoms with Crippen LogP contribution in [0.5, 0.6) is 0 Å². The van der Waals surface area contributed by atoms with Gasteiger partial charge in [0.25, 0.3) is 0 Å². The van der Waals surface area contributed by atoms with E-state index in [0.29, 0.717) is 5.13 Å². The van der Waals surface area contributed by atoms with Crippen molar-refractivity contribution in [3.05, 3.63) is 30.3 Å². The van der Waals surface area contributed by atoms with Crippen molar-refractivity contribution in [1.29, 1.82) is 0 Å². The lowest BCUT2D eigenvalue weighted by Crippen LogP contribution is -2.26. The minimum atomic E-state index is 0.702. The highest BCUT2D eigenvalue weighted by Gasteiger charge is 2.13. The first-order chi connectivity index (χ1) is 9.88. The van der Waals surface area contributed by atoms with Gasteiger partial charge in [-0.15, -0.1) is 10.2 Å². The normalized spacial score (nSPS) is 14.3. The fourth-order valence-electron chi connectivity index (χ4n) is 2.04. The van der Waals surface area contributed by atoms with Crippen LogP contribution in [0.25, 0.3) is 21.7 Å². The van der Waals surface area contributed by atoms with E-state index in [-0.39, 0.29) is 0 Å². The van der Waals surface area contributed by atoms with E-state index in [2.05, 4.69) is 25.8 Å². The molecule has 2 aromatic heterocycles. The third-order valence-electron chi connectivity index (χ3n) is 2.96. The summed E-state index contributed by atoms with van der Waals surface area (Å²) in [5, 5.41) is 17.0. The SMILES string of the molecule is c1ccc2oc(-c3nnc(NC4=NCCN4)s3)cc2c1. The summed E-state index contributed by atoms with van der Waals surface area (Å²) in [6, 6.07) is 9.87. The largest absolute Gasteiger partial charge is 0.453 e. The number of benzene rings is 1. The van der Waals surface area contributed by atoms with Gasteiger partial charge in [0.05, 0.1) is 6.54 Å². The van der Waals surface area contributed by atoms with Crippen molar-refractivity contribution in [3.63, 3.8) is 0 Å². The molecule has 2 N–H and O–H groups in total. The molecular weight excluding hydrogens is 274 g/mol. The first-order valence-corrected chi connectivity index (χ1v) is 7.08. The summed E-state index contributed by atoms with van der Waals surface area (Å²) < 4.78 is 5.77. The second kappa shape index (κ2) is 4.61. The molecule has 1 aromatic carbocycles. The summed E-state index contributed by atoms with van der Waals surface area (Å²) in [5.41, 5.74) is 0.856. The number of hydrogen-bond acceptors (Lipinski definition) is 7. The minimum Gasteiger partial charge on any atom is -0.453 e. The predicted molar refractivity (Wildman–Crippen MR) is 79.0 cm³/mol. The van der Waals surface area contributed by atoms with Crippen molar-refractivity contribution in [2.75, 3.05) is 18.4 Å². The van der Waals surface area contributed by atoms with Gasteiger partial charge in [-0.25, -0.2) is 0 Å². The Morgan fingerprint density at radius 3 is 3.05 bits per heavy atom. The summed E-state index contributed by atoms with van der Waals surface area (Å²) in [6.07, 6.45) is 0. The number of para-hydroxylation sites is 1. The highest BCUT2D eigenvalue weighted by molar-refractivity contribution is 7.18. The summed E-state index contributed by atoms with van der Waals surface area (Å²) in [4.78, 5) is 4.26. The summed E-state index contributed by atoms with van der Waals surface area (Å²) in [5.74, 6) is 1.48. The van der Waals surface area contributed by atoms with E-state index in [1.54, 1.807) is 0 Å². The number of hydrogen-bond donors (Lipinski definition) is 2. The molecule has 7 heteroatoms. The third kappa shape index (κ3) is 2.01. The first kappa shape index (κ1) is 11.4. The molecular formula is C13H11N5OS. The molecule has 4 rings (SSSR count). The van der Waals surface area contributed by atoms with E-state index in [1.807, 2.05) is 30.3 Å². The number of aromatic nitrogens is 2. The van der Waals surface area contributed by atoms with Crippen LogP contribution in [0, 0.1) is 0 Å². The number of aliphatic imine (C=N–C) groups is 1. The maximum absolute atomic E-state index is 5.77. The molecule has 0 spiro atoms. The molecule has 1 aliphatic rings. The standard InChI is InChI=1S/C13H11N5OS/c1-2-4-9-8(3-1)7-10(19-9)11-17-18-13(20-11)16-12-14-5-6-15-12/h1-4,7H,5-6H2,(H2,14,15,16,18). The van der Waals surface area contributed by atoms with Gasteiger partial charge in [-0.2, -0.15) is 0 Å². The maximum atomic E-state index is 5.77. The van der Waals surface area contributed by atoms with E-state index in [1.165, 1.54) is 11.3 Å². The smallest absolute Gasteiger partial charge is 0.212 e. The van der Waals surface area contributed by atoms with E-state index in [9.17, 15) is 0 Å². The van der Waals surface area contributed by atoms with Gasteiger partial charge >= 0.3 is 0 Å². The van der Waals surface area contributed by atoms with Gasteiger partial charge in [-0.05, 0) is 12.1 Å². The molecule has 6 nitrogen and oxygen atoms in total. The number of guanidine groups is 1. The van der Waals surface area contributed by atoms with Crippen molar-refractivity contribution < 1.29 is 4.42 Å². The number of anilines is 1. The minimum absolute atomic E-state index is 0.702. The van der Waals surface area contributed by atoms with Crippen molar-refractivity contribution in [3.8, 4) is 10.8 Å². The number of furan rings is 1. The molecule has 1 aliphatic heterocycles. The Labute approximate surface area is 118 Å². The summed E-state index contributed by atoms with van der Waals surface area (Å²) in [7, 11) is 0. The highest BCUT2D eigenvalue weighted by Crippen LogP contribution is 2.31. The van der Waals surface area contributed by atoms with Gasteiger partial charge < -0.3 is 15.1 Å². The molecule has 0 bridgehead atoms. The molecule has 0 saturated heterocycles. The van der Waals surface area contributed by atoms with E-state index in [0.717, 1.165) is 40.8 Å². The Kier molecular flexibility index (Phi) is 2.63. The second-order valence-corrected chi connectivity index (χ2v) is 5.32. The Morgan fingerprint density at radius 2 is 2.20 bits per heavy atom. The zero-order chi connectivity index (χ0) is 13.4. The van der Waals surface area contributed by atoms with Crippen molar-refractivity contribution >= 4 is 33.4 Å². The molecule has 0 unspecified atom stereocenters. The van der Waals surface area contributed by atoms with Crippen LogP contribution >= 0.6 is 11.3 Å². The number of rotatable bonds is 2.